The Kier molecular flexibility index (Phi) is 4.96. The first-order valence-electron chi connectivity index (χ1n) is 8.49. The molecule has 1 unspecified atom stereocenters. The lowest BCUT2D eigenvalue weighted by Gasteiger charge is -2.20. The predicted molar refractivity (Wildman–Crippen MR) is 90.2 cm³/mol. The van der Waals surface area contributed by atoms with Crippen molar-refractivity contribution in [2.45, 2.75) is 26.2 Å². The van der Waals surface area contributed by atoms with Gasteiger partial charge in [0.25, 0.3) is 0 Å². The van der Waals surface area contributed by atoms with E-state index < -0.39 is 0 Å². The number of nitrogens with one attached hydrogen (secondary N) is 1. The number of hydrogen-bond donors (Lipinski definition) is 1. The lowest BCUT2D eigenvalue weighted by atomic mass is 10.1. The summed E-state index contributed by atoms with van der Waals surface area (Å²) >= 11 is 0. The van der Waals surface area contributed by atoms with Gasteiger partial charge in [-0.05, 0) is 44.9 Å². The third-order valence-electron chi connectivity index (χ3n) is 4.74. The Morgan fingerprint density at radius 2 is 1.83 bits per heavy atom. The predicted octanol–water partition coefficient (Wildman–Crippen LogP) is 1.88. The summed E-state index contributed by atoms with van der Waals surface area (Å²) in [6.45, 7) is 5.72. The van der Waals surface area contributed by atoms with Gasteiger partial charge in [0.15, 0.2) is 0 Å². The molecule has 2 fully saturated rings. The van der Waals surface area contributed by atoms with E-state index in [9.17, 15) is 9.59 Å². The molecule has 0 aliphatic carbocycles. The van der Waals surface area contributed by atoms with Crippen molar-refractivity contribution in [2.75, 3.05) is 38.0 Å². The fourth-order valence-electron chi connectivity index (χ4n) is 3.41. The Balaban J connectivity index is 1.46. The van der Waals surface area contributed by atoms with Gasteiger partial charge in [-0.15, -0.1) is 0 Å². The van der Waals surface area contributed by atoms with Gasteiger partial charge in [-0.2, -0.15) is 0 Å². The van der Waals surface area contributed by atoms with Crippen LogP contribution < -0.4 is 5.32 Å². The minimum absolute atomic E-state index is 0.0110. The summed E-state index contributed by atoms with van der Waals surface area (Å²) < 4.78 is 0. The molecule has 0 saturated carbocycles. The Bertz CT molecular complexity index is 564. The number of nitrogens with zero attached hydrogens (tertiary/aromatic N) is 2. The van der Waals surface area contributed by atoms with Crippen molar-refractivity contribution in [3.8, 4) is 0 Å². The van der Waals surface area contributed by atoms with Gasteiger partial charge in [-0.1, -0.05) is 17.7 Å². The summed E-state index contributed by atoms with van der Waals surface area (Å²) in [5, 5.41) is 2.92. The first-order chi connectivity index (χ1) is 11.1. The smallest absolute Gasteiger partial charge is 0.238 e. The topological polar surface area (TPSA) is 52.7 Å². The largest absolute Gasteiger partial charge is 0.342 e. The molecule has 1 aromatic rings. The molecule has 2 saturated heterocycles. The fraction of sp³-hybridized carbons (Fsp3) is 0.556. The highest BCUT2D eigenvalue weighted by atomic mass is 16.2. The van der Waals surface area contributed by atoms with Crippen molar-refractivity contribution in [2.24, 2.45) is 5.92 Å². The zero-order chi connectivity index (χ0) is 16.2. The molecule has 0 aromatic heterocycles. The second-order valence-corrected chi connectivity index (χ2v) is 6.67. The summed E-state index contributed by atoms with van der Waals surface area (Å²) in [6.07, 6.45) is 3.12. The maximum atomic E-state index is 12.4. The third-order valence-corrected chi connectivity index (χ3v) is 4.74. The molecular weight excluding hydrogens is 290 g/mol. The second-order valence-electron chi connectivity index (χ2n) is 6.67. The van der Waals surface area contributed by atoms with Crippen molar-refractivity contribution >= 4 is 17.5 Å². The van der Waals surface area contributed by atoms with Crippen LogP contribution in [0.5, 0.6) is 0 Å². The van der Waals surface area contributed by atoms with Crippen LogP contribution >= 0.6 is 0 Å². The van der Waals surface area contributed by atoms with Gasteiger partial charge in [0.05, 0.1) is 12.5 Å². The Morgan fingerprint density at radius 1 is 1.13 bits per heavy atom. The summed E-state index contributed by atoms with van der Waals surface area (Å²) in [6, 6.07) is 7.79. The minimum Gasteiger partial charge on any atom is -0.342 e. The van der Waals surface area contributed by atoms with Crippen LogP contribution in [-0.4, -0.2) is 54.3 Å². The summed E-state index contributed by atoms with van der Waals surface area (Å²) in [5.41, 5.74) is 2.00. The average Bonchev–Trinajstić information content (AvgIpc) is 3.20. The zero-order valence-corrected chi connectivity index (χ0v) is 13.8. The summed E-state index contributed by atoms with van der Waals surface area (Å²) in [7, 11) is 0. The molecule has 0 bridgehead atoms. The molecule has 1 atom stereocenters. The van der Waals surface area contributed by atoms with Crippen LogP contribution in [0.1, 0.15) is 24.8 Å². The number of rotatable bonds is 4. The van der Waals surface area contributed by atoms with Crippen LogP contribution in [0.2, 0.25) is 0 Å². The molecule has 1 N–H and O–H groups in total. The molecular formula is C18H25N3O2. The van der Waals surface area contributed by atoms with Crippen molar-refractivity contribution in [1.82, 2.24) is 9.80 Å². The number of carbonyl (C=O) groups is 2. The van der Waals surface area contributed by atoms with Gasteiger partial charge in [-0.3, -0.25) is 14.5 Å². The van der Waals surface area contributed by atoms with Gasteiger partial charge < -0.3 is 10.2 Å². The van der Waals surface area contributed by atoms with Gasteiger partial charge in [0, 0.05) is 25.3 Å². The molecule has 0 radical (unpaired) electrons. The maximum Gasteiger partial charge on any atom is 0.238 e. The SMILES string of the molecule is Cc1ccc(NC(=O)CN2CCC(C(=O)N3CCCC3)C2)cc1. The highest BCUT2D eigenvalue weighted by Crippen LogP contribution is 2.21. The van der Waals surface area contributed by atoms with Crippen molar-refractivity contribution in [3.05, 3.63) is 29.8 Å². The van der Waals surface area contributed by atoms with E-state index in [0.29, 0.717) is 13.1 Å². The molecule has 5 nitrogen and oxygen atoms in total. The number of aryl methyl sites for hydroxylation is 1. The molecule has 0 spiro atoms. The third kappa shape index (κ3) is 4.10. The monoisotopic (exact) mass is 315 g/mol. The number of carbonyl (C=O) groups excluding carboxylic acids is 2. The van der Waals surface area contributed by atoms with E-state index in [1.54, 1.807) is 0 Å². The van der Waals surface area contributed by atoms with Crippen molar-refractivity contribution in [1.29, 1.82) is 0 Å². The minimum atomic E-state index is -0.0110. The number of anilines is 1. The van der Waals surface area contributed by atoms with Gasteiger partial charge in [-0.25, -0.2) is 0 Å². The average molecular weight is 315 g/mol. The van der Waals surface area contributed by atoms with Crippen LogP contribution in [0.15, 0.2) is 24.3 Å². The molecule has 124 valence electrons. The lowest BCUT2D eigenvalue weighted by molar-refractivity contribution is -0.134. The van der Waals surface area contributed by atoms with Gasteiger partial charge in [0.1, 0.15) is 0 Å². The molecule has 2 amide bonds. The molecule has 2 heterocycles. The van der Waals surface area contributed by atoms with E-state index in [1.165, 1.54) is 5.56 Å². The van der Waals surface area contributed by atoms with E-state index >= 15 is 0 Å². The molecule has 2 aliphatic heterocycles. The van der Waals surface area contributed by atoms with E-state index in [0.717, 1.165) is 44.6 Å². The standard InChI is InChI=1S/C18H25N3O2/c1-14-4-6-16(7-5-14)19-17(22)13-20-11-8-15(12-20)18(23)21-9-2-3-10-21/h4-7,15H,2-3,8-13H2,1H3,(H,19,22). The summed E-state index contributed by atoms with van der Waals surface area (Å²) in [4.78, 5) is 28.6. The van der Waals surface area contributed by atoms with Crippen molar-refractivity contribution < 1.29 is 9.59 Å². The second kappa shape index (κ2) is 7.13. The molecule has 23 heavy (non-hydrogen) atoms. The van der Waals surface area contributed by atoms with E-state index in [4.69, 9.17) is 0 Å². The summed E-state index contributed by atoms with van der Waals surface area (Å²) in [5.74, 6) is 0.340. The van der Waals surface area contributed by atoms with Gasteiger partial charge >= 0.3 is 0 Å². The molecule has 3 rings (SSSR count). The molecule has 5 heteroatoms. The van der Waals surface area contributed by atoms with Crippen LogP contribution in [0.25, 0.3) is 0 Å². The van der Waals surface area contributed by atoms with E-state index in [1.807, 2.05) is 36.1 Å². The Morgan fingerprint density at radius 3 is 2.52 bits per heavy atom. The maximum absolute atomic E-state index is 12.4. The highest BCUT2D eigenvalue weighted by molar-refractivity contribution is 5.92. The van der Waals surface area contributed by atoms with Crippen LogP contribution in [-0.2, 0) is 9.59 Å². The van der Waals surface area contributed by atoms with Crippen LogP contribution in [0.4, 0.5) is 5.69 Å². The van der Waals surface area contributed by atoms with Crippen molar-refractivity contribution in [3.63, 3.8) is 0 Å². The number of amides is 2. The Hall–Kier alpha value is -1.88. The number of likely N-dealkylation sites (tertiary alicyclic amines) is 2. The lowest BCUT2D eigenvalue weighted by Crippen LogP contribution is -2.36. The normalized spacial score (nSPS) is 21.6. The molecule has 2 aliphatic rings. The highest BCUT2D eigenvalue weighted by Gasteiger charge is 2.32. The van der Waals surface area contributed by atoms with E-state index in [2.05, 4.69) is 10.2 Å². The van der Waals surface area contributed by atoms with Crippen LogP contribution in [0.3, 0.4) is 0 Å². The van der Waals surface area contributed by atoms with Gasteiger partial charge in [0.2, 0.25) is 11.8 Å². The first-order valence-corrected chi connectivity index (χ1v) is 8.49. The fourth-order valence-corrected chi connectivity index (χ4v) is 3.41. The zero-order valence-electron chi connectivity index (χ0n) is 13.8. The van der Waals surface area contributed by atoms with E-state index in [-0.39, 0.29) is 17.7 Å². The number of benzene rings is 1. The Labute approximate surface area is 137 Å². The quantitative estimate of drug-likeness (QED) is 0.923. The number of hydrogen-bond acceptors (Lipinski definition) is 3. The molecule has 1 aromatic carbocycles. The first kappa shape index (κ1) is 16.0. The van der Waals surface area contributed by atoms with Crippen LogP contribution in [0, 0.1) is 12.8 Å².